The van der Waals surface area contributed by atoms with Gasteiger partial charge in [-0.3, -0.25) is 14.3 Å². The van der Waals surface area contributed by atoms with Gasteiger partial charge in [0.25, 0.3) is 5.56 Å². The fourth-order valence-electron chi connectivity index (χ4n) is 5.15. The predicted molar refractivity (Wildman–Crippen MR) is 120 cm³/mol. The lowest BCUT2D eigenvalue weighted by Gasteiger charge is -2.21. The van der Waals surface area contributed by atoms with Gasteiger partial charge in [-0.25, -0.2) is 9.97 Å². The maximum absolute atomic E-state index is 12.7. The van der Waals surface area contributed by atoms with Crippen LogP contribution >= 0.6 is 0 Å². The van der Waals surface area contributed by atoms with Crippen LogP contribution in [0.1, 0.15) is 17.6 Å². The van der Waals surface area contributed by atoms with E-state index >= 15 is 0 Å². The van der Waals surface area contributed by atoms with E-state index in [0.717, 1.165) is 35.5 Å². The molecule has 1 saturated carbocycles. The lowest BCUT2D eigenvalue weighted by molar-refractivity contribution is 0.363. The first-order chi connectivity index (χ1) is 16.2. The Morgan fingerprint density at radius 1 is 1.09 bits per heavy atom. The number of nitrogens with zero attached hydrogens (tertiary/aromatic N) is 8. The smallest absolute Gasteiger partial charge is 0.280 e. The molecule has 0 amide bonds. The summed E-state index contributed by atoms with van der Waals surface area (Å²) in [5.41, 5.74) is 2.88. The molecule has 4 aromatic heterocycles. The highest BCUT2D eigenvalue weighted by Gasteiger charge is 2.58. The van der Waals surface area contributed by atoms with Crippen LogP contribution in [0.3, 0.4) is 0 Å². The summed E-state index contributed by atoms with van der Waals surface area (Å²) in [5.74, 6) is 2.48. The number of fused-ring (bicyclic) bond motifs is 3. The summed E-state index contributed by atoms with van der Waals surface area (Å²) in [6, 6.07) is 10.4. The second-order valence-corrected chi connectivity index (χ2v) is 8.90. The van der Waals surface area contributed by atoms with Gasteiger partial charge in [0, 0.05) is 31.4 Å². The summed E-state index contributed by atoms with van der Waals surface area (Å²) in [7, 11) is 1.77. The number of hydrogen-bond acceptors (Lipinski definition) is 8. The molecule has 164 valence electrons. The van der Waals surface area contributed by atoms with Crippen LogP contribution in [0.2, 0.25) is 0 Å². The third-order valence-corrected chi connectivity index (χ3v) is 6.92. The third kappa shape index (κ3) is 2.86. The Bertz CT molecular complexity index is 1570. The number of hydrogen-bond donors (Lipinski definition) is 0. The van der Waals surface area contributed by atoms with Crippen molar-refractivity contribution in [3.8, 4) is 0 Å². The largest absolute Gasteiger partial charge is 0.370 e. The van der Waals surface area contributed by atoms with Gasteiger partial charge in [0.1, 0.15) is 12.9 Å². The highest BCUT2D eigenvalue weighted by atomic mass is 16.5. The Morgan fingerprint density at radius 2 is 1.91 bits per heavy atom. The maximum Gasteiger partial charge on any atom is 0.280 e. The third-order valence-electron chi connectivity index (χ3n) is 6.92. The zero-order valence-corrected chi connectivity index (χ0v) is 17.9. The van der Waals surface area contributed by atoms with Crippen LogP contribution in [0.25, 0.3) is 22.1 Å². The number of pyridine rings is 1. The van der Waals surface area contributed by atoms with Crippen molar-refractivity contribution in [3.63, 3.8) is 0 Å². The number of aryl methyl sites for hydroxylation is 1. The molecular formula is C23H20N8O2. The van der Waals surface area contributed by atoms with Crippen molar-refractivity contribution in [2.75, 3.05) is 18.0 Å². The van der Waals surface area contributed by atoms with E-state index in [-0.39, 0.29) is 12.1 Å². The van der Waals surface area contributed by atoms with Crippen molar-refractivity contribution in [2.24, 2.45) is 18.9 Å². The molecule has 1 aliphatic heterocycles. The van der Waals surface area contributed by atoms with Gasteiger partial charge in [0.2, 0.25) is 5.89 Å². The summed E-state index contributed by atoms with van der Waals surface area (Å²) >= 11 is 0. The number of para-hydroxylation sites is 1. The molecule has 33 heavy (non-hydrogen) atoms. The molecular weight excluding hydrogens is 420 g/mol. The Labute approximate surface area is 187 Å². The first-order valence-corrected chi connectivity index (χ1v) is 10.9. The van der Waals surface area contributed by atoms with E-state index in [0.29, 0.717) is 34.8 Å². The minimum Gasteiger partial charge on any atom is -0.370 e. The molecule has 5 heterocycles. The second kappa shape index (κ2) is 6.71. The highest BCUT2D eigenvalue weighted by Crippen LogP contribution is 2.57. The molecule has 3 atom stereocenters. The number of aromatic nitrogens is 7. The zero-order chi connectivity index (χ0) is 22.1. The average Bonchev–Trinajstić information content (AvgIpc) is 3.24. The molecule has 5 aromatic rings. The molecule has 2 aliphatic rings. The molecule has 0 spiro atoms. The van der Waals surface area contributed by atoms with E-state index in [1.165, 1.54) is 10.9 Å². The van der Waals surface area contributed by atoms with Gasteiger partial charge in [0.15, 0.2) is 17.0 Å². The second-order valence-electron chi connectivity index (χ2n) is 8.90. The lowest BCUT2D eigenvalue weighted by atomic mass is 10.2. The molecule has 10 nitrogen and oxygen atoms in total. The molecule has 10 heteroatoms. The van der Waals surface area contributed by atoms with Crippen LogP contribution < -0.4 is 10.5 Å². The Balaban J connectivity index is 1.06. The van der Waals surface area contributed by atoms with Crippen molar-refractivity contribution in [2.45, 2.75) is 12.5 Å². The Hall–Kier alpha value is -4.08. The lowest BCUT2D eigenvalue weighted by Crippen LogP contribution is -2.24. The van der Waals surface area contributed by atoms with Gasteiger partial charge in [-0.2, -0.15) is 4.98 Å². The van der Waals surface area contributed by atoms with Crippen LogP contribution in [0, 0.1) is 11.8 Å². The first-order valence-electron chi connectivity index (χ1n) is 10.9. The van der Waals surface area contributed by atoms with Crippen molar-refractivity contribution in [1.29, 1.82) is 0 Å². The van der Waals surface area contributed by atoms with Gasteiger partial charge in [-0.15, -0.1) is 0 Å². The highest BCUT2D eigenvalue weighted by molar-refractivity contribution is 5.81. The predicted octanol–water partition coefficient (Wildman–Crippen LogP) is 1.96. The minimum absolute atomic E-state index is 0.178. The standard InChI is InChI=1S/C23H20N8O2/c1-29-11-25-22-20(29)23(32)31(12-26-22)10-18-27-21(28-33-18)19-15-8-30(9-16(15)19)14-6-13-4-2-3-5-17(13)24-7-14/h2-7,11-12,15-16,19H,8-10H2,1H3/t15-,16+,19+. The van der Waals surface area contributed by atoms with Gasteiger partial charge in [-0.1, -0.05) is 23.4 Å². The zero-order valence-electron chi connectivity index (χ0n) is 17.9. The number of rotatable bonds is 4. The summed E-state index contributed by atoms with van der Waals surface area (Å²) in [5, 5.41) is 5.38. The number of piperidine rings is 1. The number of imidazole rings is 1. The molecule has 1 aromatic carbocycles. The molecule has 0 radical (unpaired) electrons. The molecule has 0 bridgehead atoms. The SMILES string of the molecule is Cn1cnc2ncn(Cc3nc([C@H]4[C@@H]5CN(c6cnc7ccccc7c6)C[C@@H]54)no3)c(=O)c21. The van der Waals surface area contributed by atoms with Crippen LogP contribution in [0.5, 0.6) is 0 Å². The summed E-state index contributed by atoms with van der Waals surface area (Å²) < 4.78 is 8.62. The normalized spacial score (nSPS) is 21.7. The van der Waals surface area contributed by atoms with Gasteiger partial charge < -0.3 is 14.0 Å². The molecule has 7 rings (SSSR count). The summed E-state index contributed by atoms with van der Waals surface area (Å²) in [6.07, 6.45) is 5.01. The van der Waals surface area contributed by atoms with Gasteiger partial charge >= 0.3 is 0 Å². The number of anilines is 1. The first kappa shape index (κ1) is 18.5. The summed E-state index contributed by atoms with van der Waals surface area (Å²) in [4.78, 5) is 32.7. The van der Waals surface area contributed by atoms with Gasteiger partial charge in [0.05, 0.1) is 23.7 Å². The maximum atomic E-state index is 12.7. The fourth-order valence-corrected chi connectivity index (χ4v) is 5.15. The van der Waals surface area contributed by atoms with Crippen LogP contribution in [0.4, 0.5) is 5.69 Å². The van der Waals surface area contributed by atoms with Crippen molar-refractivity contribution < 1.29 is 4.52 Å². The monoisotopic (exact) mass is 440 g/mol. The average molecular weight is 440 g/mol. The number of benzene rings is 1. The van der Waals surface area contributed by atoms with E-state index in [1.54, 1.807) is 17.9 Å². The molecule has 0 N–H and O–H groups in total. The van der Waals surface area contributed by atoms with E-state index < -0.39 is 0 Å². The van der Waals surface area contributed by atoms with E-state index in [4.69, 9.17) is 4.52 Å². The Kier molecular flexibility index (Phi) is 3.76. The molecule has 1 aliphatic carbocycles. The van der Waals surface area contributed by atoms with E-state index in [9.17, 15) is 4.79 Å². The molecule has 0 unspecified atom stereocenters. The summed E-state index contributed by atoms with van der Waals surface area (Å²) in [6.45, 7) is 2.11. The Morgan fingerprint density at radius 3 is 2.79 bits per heavy atom. The van der Waals surface area contributed by atoms with Crippen LogP contribution in [0.15, 0.2) is 58.5 Å². The van der Waals surface area contributed by atoms with Crippen molar-refractivity contribution in [3.05, 3.63) is 71.3 Å². The van der Waals surface area contributed by atoms with E-state index in [1.807, 2.05) is 24.4 Å². The van der Waals surface area contributed by atoms with Crippen LogP contribution in [-0.4, -0.2) is 47.3 Å². The van der Waals surface area contributed by atoms with E-state index in [2.05, 4.69) is 42.1 Å². The molecule has 2 fully saturated rings. The van der Waals surface area contributed by atoms with Crippen molar-refractivity contribution in [1.82, 2.24) is 34.2 Å². The van der Waals surface area contributed by atoms with Crippen LogP contribution in [-0.2, 0) is 13.6 Å². The fraction of sp³-hybridized carbons (Fsp3) is 0.304. The van der Waals surface area contributed by atoms with Gasteiger partial charge in [-0.05, 0) is 24.0 Å². The quantitative estimate of drug-likeness (QED) is 0.417. The molecule has 1 saturated heterocycles. The topological polar surface area (TPSA) is 108 Å². The van der Waals surface area contributed by atoms with Crippen molar-refractivity contribution >= 4 is 27.8 Å². The minimum atomic E-state index is -0.178.